The van der Waals surface area contributed by atoms with E-state index in [1.54, 1.807) is 22.7 Å². The van der Waals surface area contributed by atoms with E-state index in [0.29, 0.717) is 12.3 Å². The van der Waals surface area contributed by atoms with Gasteiger partial charge in [-0.1, -0.05) is 23.9 Å². The van der Waals surface area contributed by atoms with Gasteiger partial charge in [-0.3, -0.25) is 9.36 Å². The van der Waals surface area contributed by atoms with Crippen LogP contribution in [0.4, 0.5) is 0 Å². The SMILES string of the molecule is O=C(CSc1nnc(-c2cccs2)n1CC1CCCO1)NCCc1cccs1. The number of hydrogen-bond donors (Lipinski definition) is 1. The molecule has 4 rings (SSSR count). The third-order valence-corrected chi connectivity index (χ3v) is 7.24. The zero-order valence-corrected chi connectivity index (χ0v) is 17.8. The largest absolute Gasteiger partial charge is 0.376 e. The van der Waals surface area contributed by atoms with E-state index in [9.17, 15) is 4.79 Å². The van der Waals surface area contributed by atoms with E-state index in [4.69, 9.17) is 4.74 Å². The van der Waals surface area contributed by atoms with E-state index < -0.39 is 0 Å². The Kier molecular flexibility index (Phi) is 6.79. The number of carbonyl (C=O) groups excluding carboxylic acids is 1. The number of aromatic nitrogens is 3. The molecule has 1 fully saturated rings. The molecule has 1 aliphatic rings. The second-order valence-corrected chi connectivity index (χ2v) is 9.42. The van der Waals surface area contributed by atoms with Crippen LogP contribution in [0, 0.1) is 0 Å². The maximum Gasteiger partial charge on any atom is 0.230 e. The van der Waals surface area contributed by atoms with Crippen LogP contribution in [0.15, 0.2) is 40.2 Å². The summed E-state index contributed by atoms with van der Waals surface area (Å²) in [7, 11) is 0. The summed E-state index contributed by atoms with van der Waals surface area (Å²) in [6.07, 6.45) is 3.20. The maximum absolute atomic E-state index is 12.2. The minimum absolute atomic E-state index is 0.0193. The molecule has 0 radical (unpaired) electrons. The van der Waals surface area contributed by atoms with Gasteiger partial charge in [-0.25, -0.2) is 0 Å². The van der Waals surface area contributed by atoms with E-state index in [1.165, 1.54) is 16.6 Å². The van der Waals surface area contributed by atoms with Crippen LogP contribution in [0.5, 0.6) is 0 Å². The van der Waals surface area contributed by atoms with Gasteiger partial charge in [0, 0.05) is 18.0 Å². The number of nitrogens with one attached hydrogen (secondary N) is 1. The number of ether oxygens (including phenoxy) is 1. The lowest BCUT2D eigenvalue weighted by Crippen LogP contribution is -2.27. The van der Waals surface area contributed by atoms with E-state index >= 15 is 0 Å². The fourth-order valence-corrected chi connectivity index (χ4v) is 5.31. The molecule has 3 aromatic heterocycles. The lowest BCUT2D eigenvalue weighted by Gasteiger charge is -2.14. The Morgan fingerprint density at radius 1 is 1.29 bits per heavy atom. The van der Waals surface area contributed by atoms with Crippen LogP contribution in [0.25, 0.3) is 10.7 Å². The maximum atomic E-state index is 12.2. The van der Waals surface area contributed by atoms with Gasteiger partial charge in [-0.05, 0) is 42.2 Å². The highest BCUT2D eigenvalue weighted by molar-refractivity contribution is 7.99. The summed E-state index contributed by atoms with van der Waals surface area (Å²) < 4.78 is 7.91. The summed E-state index contributed by atoms with van der Waals surface area (Å²) in [5.41, 5.74) is 0. The first-order valence-electron chi connectivity index (χ1n) is 9.30. The van der Waals surface area contributed by atoms with E-state index in [1.807, 2.05) is 23.6 Å². The summed E-state index contributed by atoms with van der Waals surface area (Å²) in [5, 5.41) is 16.6. The number of thioether (sulfide) groups is 1. The van der Waals surface area contributed by atoms with Crippen LogP contribution in [-0.4, -0.2) is 45.7 Å². The lowest BCUT2D eigenvalue weighted by molar-refractivity contribution is -0.118. The molecule has 1 amide bonds. The molecule has 28 heavy (non-hydrogen) atoms. The van der Waals surface area contributed by atoms with Gasteiger partial charge in [-0.2, -0.15) is 0 Å². The molecule has 0 bridgehead atoms. The van der Waals surface area contributed by atoms with Crippen LogP contribution < -0.4 is 5.32 Å². The number of thiophene rings is 2. The smallest absolute Gasteiger partial charge is 0.230 e. The van der Waals surface area contributed by atoms with Crippen LogP contribution in [0.2, 0.25) is 0 Å². The first-order valence-corrected chi connectivity index (χ1v) is 12.0. The fourth-order valence-electron chi connectivity index (χ4n) is 3.10. The van der Waals surface area contributed by atoms with E-state index in [0.717, 1.165) is 48.3 Å². The first-order chi connectivity index (χ1) is 13.8. The minimum atomic E-state index is 0.0193. The summed E-state index contributed by atoms with van der Waals surface area (Å²) in [5.74, 6) is 1.20. The molecule has 1 atom stereocenters. The number of carbonyl (C=O) groups is 1. The first kappa shape index (κ1) is 19.6. The summed E-state index contributed by atoms with van der Waals surface area (Å²) >= 11 is 4.79. The van der Waals surface area contributed by atoms with Gasteiger partial charge in [0.05, 0.1) is 23.3 Å². The van der Waals surface area contributed by atoms with Gasteiger partial charge in [0.15, 0.2) is 11.0 Å². The number of hydrogen-bond acceptors (Lipinski definition) is 7. The van der Waals surface area contributed by atoms with Crippen molar-refractivity contribution in [3.8, 4) is 10.7 Å². The Morgan fingerprint density at radius 2 is 2.18 bits per heavy atom. The molecule has 0 aromatic carbocycles. The quantitative estimate of drug-likeness (QED) is 0.520. The number of amides is 1. The van der Waals surface area contributed by atoms with Gasteiger partial charge >= 0.3 is 0 Å². The predicted octanol–water partition coefficient (Wildman–Crippen LogP) is 3.70. The third-order valence-electron chi connectivity index (χ3n) is 4.47. The van der Waals surface area contributed by atoms with Gasteiger partial charge in [0.25, 0.3) is 0 Å². The van der Waals surface area contributed by atoms with Crippen molar-refractivity contribution in [2.24, 2.45) is 0 Å². The van der Waals surface area contributed by atoms with Crippen molar-refractivity contribution in [3.05, 3.63) is 39.9 Å². The standard InChI is InChI=1S/C19H22N4O2S3/c24-17(20-8-7-15-5-2-10-26-15)13-28-19-22-21-18(16-6-3-11-27-16)23(19)12-14-4-1-9-25-14/h2-3,5-6,10-11,14H,1,4,7-9,12-13H2,(H,20,24). The Bertz CT molecular complexity index is 871. The van der Waals surface area contributed by atoms with Crippen LogP contribution in [-0.2, 0) is 22.5 Å². The highest BCUT2D eigenvalue weighted by Gasteiger charge is 2.22. The molecule has 1 unspecified atom stereocenters. The molecule has 4 heterocycles. The van der Waals surface area contributed by atoms with Crippen molar-refractivity contribution in [2.45, 2.75) is 37.1 Å². The normalized spacial score (nSPS) is 16.5. The molecule has 0 aliphatic carbocycles. The second kappa shape index (κ2) is 9.69. The summed E-state index contributed by atoms with van der Waals surface area (Å²) in [6.45, 7) is 2.20. The molecule has 9 heteroatoms. The molecule has 1 N–H and O–H groups in total. The zero-order chi connectivity index (χ0) is 19.2. The second-order valence-electron chi connectivity index (χ2n) is 6.50. The summed E-state index contributed by atoms with van der Waals surface area (Å²) in [6, 6.07) is 8.18. The molecule has 0 spiro atoms. The average Bonchev–Trinajstić information content (AvgIpc) is 3.48. The van der Waals surface area contributed by atoms with Crippen molar-refractivity contribution in [1.82, 2.24) is 20.1 Å². The predicted molar refractivity (Wildman–Crippen MR) is 114 cm³/mol. The zero-order valence-electron chi connectivity index (χ0n) is 15.4. The average molecular weight is 435 g/mol. The van der Waals surface area contributed by atoms with E-state index in [2.05, 4.69) is 31.5 Å². The number of nitrogens with zero attached hydrogens (tertiary/aromatic N) is 3. The van der Waals surface area contributed by atoms with Gasteiger partial charge in [-0.15, -0.1) is 32.9 Å². The summed E-state index contributed by atoms with van der Waals surface area (Å²) in [4.78, 5) is 14.6. The Morgan fingerprint density at radius 3 is 2.93 bits per heavy atom. The van der Waals surface area contributed by atoms with Crippen molar-refractivity contribution < 1.29 is 9.53 Å². The highest BCUT2D eigenvalue weighted by Crippen LogP contribution is 2.29. The van der Waals surface area contributed by atoms with Gasteiger partial charge in [0.2, 0.25) is 5.91 Å². The molecule has 148 valence electrons. The van der Waals surface area contributed by atoms with Gasteiger partial charge in [0.1, 0.15) is 0 Å². The molecular formula is C19H22N4O2S3. The van der Waals surface area contributed by atoms with Crippen molar-refractivity contribution in [1.29, 1.82) is 0 Å². The fraction of sp³-hybridized carbons (Fsp3) is 0.421. The van der Waals surface area contributed by atoms with Crippen molar-refractivity contribution in [2.75, 3.05) is 18.9 Å². The van der Waals surface area contributed by atoms with Crippen LogP contribution >= 0.6 is 34.4 Å². The van der Waals surface area contributed by atoms with Crippen LogP contribution in [0.1, 0.15) is 17.7 Å². The Hall–Kier alpha value is -1.68. The number of rotatable bonds is 9. The molecule has 1 saturated heterocycles. The molecular weight excluding hydrogens is 412 g/mol. The topological polar surface area (TPSA) is 69.0 Å². The Balaban J connectivity index is 1.37. The van der Waals surface area contributed by atoms with Crippen LogP contribution in [0.3, 0.4) is 0 Å². The van der Waals surface area contributed by atoms with Crippen molar-refractivity contribution >= 4 is 40.3 Å². The Labute approximate surface area is 176 Å². The molecule has 0 saturated carbocycles. The third kappa shape index (κ3) is 5.02. The molecule has 3 aromatic rings. The van der Waals surface area contributed by atoms with Crippen molar-refractivity contribution in [3.63, 3.8) is 0 Å². The lowest BCUT2D eigenvalue weighted by atomic mass is 10.2. The molecule has 1 aliphatic heterocycles. The van der Waals surface area contributed by atoms with E-state index in [-0.39, 0.29) is 12.0 Å². The molecule has 6 nitrogen and oxygen atoms in total. The monoisotopic (exact) mass is 434 g/mol. The minimum Gasteiger partial charge on any atom is -0.376 e. The highest BCUT2D eigenvalue weighted by atomic mass is 32.2. The van der Waals surface area contributed by atoms with Gasteiger partial charge < -0.3 is 10.1 Å².